The lowest BCUT2D eigenvalue weighted by Crippen LogP contribution is -2.30. The Morgan fingerprint density at radius 3 is 2.10 bits per heavy atom. The Bertz CT molecular complexity index is 1360. The second kappa shape index (κ2) is 13.1. The lowest BCUT2D eigenvalue weighted by molar-refractivity contribution is 0.0696. The van der Waals surface area contributed by atoms with Crippen molar-refractivity contribution in [3.05, 3.63) is 119 Å². The number of hydrogen-bond acceptors (Lipinski definition) is 3. The van der Waals surface area contributed by atoms with E-state index in [2.05, 4.69) is 93.3 Å². The van der Waals surface area contributed by atoms with E-state index in [0.717, 1.165) is 23.4 Å². The molecule has 4 heteroatoms. The zero-order valence-electron chi connectivity index (χ0n) is 23.4. The number of rotatable bonds is 12. The van der Waals surface area contributed by atoms with Gasteiger partial charge in [0.25, 0.3) is 0 Å². The topological polar surface area (TPSA) is 49.8 Å². The molecule has 0 amide bonds. The number of carboxylic acid groups (broad SMARTS) is 1. The lowest BCUT2D eigenvalue weighted by Gasteiger charge is -2.30. The summed E-state index contributed by atoms with van der Waals surface area (Å²) in [6, 6.07) is 33.1. The molecular formula is C35H39NO3. The third kappa shape index (κ3) is 7.29. The van der Waals surface area contributed by atoms with Gasteiger partial charge in [-0.1, -0.05) is 68.4 Å². The van der Waals surface area contributed by atoms with E-state index in [1.807, 2.05) is 18.2 Å². The molecule has 0 aliphatic rings. The third-order valence-corrected chi connectivity index (χ3v) is 7.35. The summed E-state index contributed by atoms with van der Waals surface area (Å²) in [6.07, 6.45) is 2.34. The van der Waals surface area contributed by atoms with Crippen LogP contribution in [0.1, 0.15) is 73.5 Å². The van der Waals surface area contributed by atoms with Gasteiger partial charge in [-0.15, -0.1) is 0 Å². The summed E-state index contributed by atoms with van der Waals surface area (Å²) in [7, 11) is 0. The van der Waals surface area contributed by atoms with E-state index < -0.39 is 5.97 Å². The Morgan fingerprint density at radius 1 is 0.795 bits per heavy atom. The highest BCUT2D eigenvalue weighted by molar-refractivity contribution is 5.87. The summed E-state index contributed by atoms with van der Waals surface area (Å²) >= 11 is 0. The summed E-state index contributed by atoms with van der Waals surface area (Å²) in [5, 5.41) is 9.19. The average molecular weight is 522 g/mol. The maximum absolute atomic E-state index is 11.2. The summed E-state index contributed by atoms with van der Waals surface area (Å²) in [6.45, 7) is 10.2. The molecule has 1 N–H and O–H groups in total. The molecular weight excluding hydrogens is 482 g/mol. The van der Waals surface area contributed by atoms with Gasteiger partial charge in [-0.3, -0.25) is 0 Å². The minimum Gasteiger partial charge on any atom is -0.489 e. The maximum Gasteiger partial charge on any atom is 0.335 e. The Labute approximate surface area is 232 Å². The van der Waals surface area contributed by atoms with Crippen LogP contribution < -0.4 is 9.64 Å². The molecule has 0 unspecified atom stereocenters. The van der Waals surface area contributed by atoms with Gasteiger partial charge in [0.1, 0.15) is 12.4 Å². The van der Waals surface area contributed by atoms with Gasteiger partial charge >= 0.3 is 5.97 Å². The van der Waals surface area contributed by atoms with Crippen molar-refractivity contribution >= 4 is 11.7 Å². The fourth-order valence-corrected chi connectivity index (χ4v) is 5.02. The Kier molecular flexibility index (Phi) is 9.43. The molecule has 0 aromatic heterocycles. The molecule has 0 saturated heterocycles. The number of carbonyl (C=O) groups is 1. The van der Waals surface area contributed by atoms with Crippen LogP contribution in [-0.2, 0) is 13.2 Å². The first-order chi connectivity index (χ1) is 18.9. The summed E-state index contributed by atoms with van der Waals surface area (Å²) in [5.41, 5.74) is 7.33. The van der Waals surface area contributed by atoms with Gasteiger partial charge in [0.15, 0.2) is 0 Å². The molecule has 4 rings (SSSR count). The van der Waals surface area contributed by atoms with Gasteiger partial charge in [0.2, 0.25) is 0 Å². The van der Waals surface area contributed by atoms with Crippen molar-refractivity contribution in [2.24, 2.45) is 0 Å². The third-order valence-electron chi connectivity index (χ3n) is 7.35. The van der Waals surface area contributed by atoms with Gasteiger partial charge in [-0.05, 0) is 103 Å². The molecule has 39 heavy (non-hydrogen) atoms. The van der Waals surface area contributed by atoms with E-state index in [9.17, 15) is 9.90 Å². The van der Waals surface area contributed by atoms with Crippen LogP contribution in [0.5, 0.6) is 5.75 Å². The largest absolute Gasteiger partial charge is 0.489 e. The Hall–Kier alpha value is -4.05. The smallest absolute Gasteiger partial charge is 0.335 e. The van der Waals surface area contributed by atoms with Crippen LogP contribution in [0, 0.1) is 0 Å². The zero-order chi connectivity index (χ0) is 27.8. The van der Waals surface area contributed by atoms with Crippen molar-refractivity contribution < 1.29 is 14.6 Å². The van der Waals surface area contributed by atoms with Crippen LogP contribution in [0.15, 0.2) is 97.1 Å². The molecule has 0 fully saturated rings. The zero-order valence-corrected chi connectivity index (χ0v) is 23.4. The van der Waals surface area contributed by atoms with E-state index in [-0.39, 0.29) is 5.56 Å². The van der Waals surface area contributed by atoms with Crippen molar-refractivity contribution in [3.63, 3.8) is 0 Å². The second-order valence-electron chi connectivity index (χ2n) is 10.3. The van der Waals surface area contributed by atoms with Gasteiger partial charge in [-0.2, -0.15) is 0 Å². The van der Waals surface area contributed by atoms with Gasteiger partial charge in [0.05, 0.1) is 5.56 Å². The number of anilines is 1. The predicted molar refractivity (Wildman–Crippen MR) is 161 cm³/mol. The highest BCUT2D eigenvalue weighted by Gasteiger charge is 2.14. The molecule has 0 radical (unpaired) electrons. The van der Waals surface area contributed by atoms with Crippen molar-refractivity contribution in [3.8, 4) is 16.9 Å². The first-order valence-electron chi connectivity index (χ1n) is 13.9. The van der Waals surface area contributed by atoms with Crippen LogP contribution >= 0.6 is 0 Å². The standard InChI is InChI=1S/C35H39NO3/c1-5-28(6-2)29-13-17-33(18-14-29)36(25(3)4)23-26-9-7-11-31(21-26)30-15-19-34(20-16-30)39-24-27-10-8-12-32(22-27)35(37)38/h7-22,25,28H,5-6,23-24H2,1-4H3,(H,37,38). The van der Waals surface area contributed by atoms with Crippen molar-refractivity contribution in [2.75, 3.05) is 4.90 Å². The highest BCUT2D eigenvalue weighted by atomic mass is 16.5. The number of ether oxygens (including phenoxy) is 1. The summed E-state index contributed by atoms with van der Waals surface area (Å²) in [5.74, 6) is 0.441. The SMILES string of the molecule is CCC(CC)c1ccc(N(Cc2cccc(-c3ccc(OCc4cccc(C(=O)O)c4)cc3)c2)C(C)C)cc1. The molecule has 0 aliphatic heterocycles. The molecule has 0 saturated carbocycles. The Morgan fingerprint density at radius 2 is 1.46 bits per heavy atom. The predicted octanol–water partition coefficient (Wildman–Crippen LogP) is 8.95. The van der Waals surface area contributed by atoms with Gasteiger partial charge < -0.3 is 14.7 Å². The van der Waals surface area contributed by atoms with Crippen LogP contribution in [0.2, 0.25) is 0 Å². The fourth-order valence-electron chi connectivity index (χ4n) is 5.02. The van der Waals surface area contributed by atoms with E-state index in [0.29, 0.717) is 18.6 Å². The number of aromatic carboxylic acids is 1. The molecule has 4 aromatic rings. The number of hydrogen-bond donors (Lipinski definition) is 1. The fraction of sp³-hybridized carbons (Fsp3) is 0.286. The number of nitrogens with zero attached hydrogens (tertiary/aromatic N) is 1. The summed E-state index contributed by atoms with van der Waals surface area (Å²) < 4.78 is 5.91. The van der Waals surface area contributed by atoms with E-state index in [1.54, 1.807) is 18.2 Å². The van der Waals surface area contributed by atoms with Gasteiger partial charge in [-0.25, -0.2) is 4.79 Å². The monoisotopic (exact) mass is 521 g/mol. The molecule has 0 bridgehead atoms. The van der Waals surface area contributed by atoms with Crippen LogP contribution in [0.25, 0.3) is 11.1 Å². The van der Waals surface area contributed by atoms with Crippen molar-refractivity contribution in [1.29, 1.82) is 0 Å². The summed E-state index contributed by atoms with van der Waals surface area (Å²) in [4.78, 5) is 13.7. The highest BCUT2D eigenvalue weighted by Crippen LogP contribution is 2.29. The number of carboxylic acids is 1. The Balaban J connectivity index is 1.44. The average Bonchev–Trinajstić information content (AvgIpc) is 2.96. The molecule has 0 atom stereocenters. The van der Waals surface area contributed by atoms with Crippen molar-refractivity contribution in [2.45, 2.75) is 65.6 Å². The van der Waals surface area contributed by atoms with Crippen molar-refractivity contribution in [1.82, 2.24) is 0 Å². The quantitative estimate of drug-likeness (QED) is 0.202. The normalized spacial score (nSPS) is 11.1. The number of benzene rings is 4. The lowest BCUT2D eigenvalue weighted by atomic mass is 9.94. The molecule has 202 valence electrons. The van der Waals surface area contributed by atoms with Gasteiger partial charge in [0, 0.05) is 18.3 Å². The minimum absolute atomic E-state index is 0.265. The van der Waals surface area contributed by atoms with Crippen LogP contribution in [0.4, 0.5) is 5.69 Å². The first-order valence-corrected chi connectivity index (χ1v) is 13.9. The minimum atomic E-state index is -0.935. The molecule has 0 spiro atoms. The maximum atomic E-state index is 11.2. The molecule has 4 aromatic carbocycles. The van der Waals surface area contributed by atoms with Crippen LogP contribution in [-0.4, -0.2) is 17.1 Å². The molecule has 0 aliphatic carbocycles. The first kappa shape index (κ1) is 28.0. The van der Waals surface area contributed by atoms with E-state index in [4.69, 9.17) is 4.74 Å². The van der Waals surface area contributed by atoms with Crippen LogP contribution in [0.3, 0.4) is 0 Å². The molecule has 4 nitrogen and oxygen atoms in total. The van der Waals surface area contributed by atoms with E-state index in [1.165, 1.54) is 35.2 Å². The second-order valence-corrected chi connectivity index (χ2v) is 10.3. The van der Waals surface area contributed by atoms with E-state index >= 15 is 0 Å². The molecule has 0 heterocycles.